The molecule has 0 spiro atoms. The van der Waals surface area contributed by atoms with Crippen molar-refractivity contribution in [3.63, 3.8) is 0 Å². The van der Waals surface area contributed by atoms with E-state index in [9.17, 15) is 4.79 Å². The van der Waals surface area contributed by atoms with Gasteiger partial charge in [0.1, 0.15) is 0 Å². The van der Waals surface area contributed by atoms with Crippen LogP contribution in [0.3, 0.4) is 0 Å². The number of nitrogens with one attached hydrogen (secondary N) is 1. The van der Waals surface area contributed by atoms with Gasteiger partial charge >= 0.3 is 5.97 Å². The smallest absolute Gasteiger partial charge is 0.336 e. The highest BCUT2D eigenvalue weighted by Gasteiger charge is 2.20. The number of thiophene rings is 1. The number of carboxylic acid groups (broad SMARTS) is 1. The number of carbonyl (C=O) groups is 1. The van der Waals surface area contributed by atoms with E-state index in [0.29, 0.717) is 17.5 Å². The molecule has 1 aromatic heterocycles. The van der Waals surface area contributed by atoms with Crippen molar-refractivity contribution in [3.8, 4) is 0 Å². The summed E-state index contributed by atoms with van der Waals surface area (Å²) >= 11 is 1.50. The SMILES string of the molecule is CC(NCc1cc(C(=O)O)cs1)C1CCOCC1. The van der Waals surface area contributed by atoms with Crippen molar-refractivity contribution < 1.29 is 14.6 Å². The summed E-state index contributed by atoms with van der Waals surface area (Å²) in [6.07, 6.45) is 2.22. The highest BCUT2D eigenvalue weighted by molar-refractivity contribution is 7.10. The van der Waals surface area contributed by atoms with E-state index in [-0.39, 0.29) is 0 Å². The van der Waals surface area contributed by atoms with Crippen molar-refractivity contribution in [2.24, 2.45) is 5.92 Å². The van der Waals surface area contributed by atoms with Gasteiger partial charge in [0.05, 0.1) is 5.56 Å². The highest BCUT2D eigenvalue weighted by atomic mass is 32.1. The predicted molar refractivity (Wildman–Crippen MR) is 71.1 cm³/mol. The van der Waals surface area contributed by atoms with E-state index in [1.165, 1.54) is 11.3 Å². The maximum Gasteiger partial charge on any atom is 0.336 e. The molecule has 0 aliphatic carbocycles. The Balaban J connectivity index is 1.80. The maximum absolute atomic E-state index is 10.8. The molecular weight excluding hydrogens is 250 g/mol. The molecule has 1 atom stereocenters. The monoisotopic (exact) mass is 269 g/mol. The molecule has 1 saturated heterocycles. The highest BCUT2D eigenvalue weighted by Crippen LogP contribution is 2.20. The Bertz CT molecular complexity index is 399. The van der Waals surface area contributed by atoms with Crippen molar-refractivity contribution in [3.05, 3.63) is 21.9 Å². The second-order valence-electron chi connectivity index (χ2n) is 4.73. The van der Waals surface area contributed by atoms with Crippen molar-refractivity contribution in [2.75, 3.05) is 13.2 Å². The molecule has 0 radical (unpaired) electrons. The molecule has 2 heterocycles. The zero-order valence-electron chi connectivity index (χ0n) is 10.5. The summed E-state index contributed by atoms with van der Waals surface area (Å²) in [4.78, 5) is 11.8. The number of carboxylic acids is 1. The molecule has 5 heteroatoms. The lowest BCUT2D eigenvalue weighted by atomic mass is 9.93. The average Bonchev–Trinajstić information content (AvgIpc) is 2.86. The van der Waals surface area contributed by atoms with Crippen molar-refractivity contribution in [2.45, 2.75) is 32.4 Å². The molecular formula is C13H19NO3S. The van der Waals surface area contributed by atoms with Gasteiger partial charge in [0.15, 0.2) is 0 Å². The lowest BCUT2D eigenvalue weighted by molar-refractivity contribution is 0.0558. The van der Waals surface area contributed by atoms with Gasteiger partial charge in [0.2, 0.25) is 0 Å². The van der Waals surface area contributed by atoms with Gasteiger partial charge in [0.25, 0.3) is 0 Å². The van der Waals surface area contributed by atoms with E-state index >= 15 is 0 Å². The Morgan fingerprint density at radius 3 is 2.94 bits per heavy atom. The number of hydrogen-bond acceptors (Lipinski definition) is 4. The first-order valence-corrected chi connectivity index (χ1v) is 7.16. The molecule has 0 bridgehead atoms. The van der Waals surface area contributed by atoms with Crippen LogP contribution in [0, 0.1) is 5.92 Å². The zero-order valence-corrected chi connectivity index (χ0v) is 11.3. The van der Waals surface area contributed by atoms with E-state index in [1.54, 1.807) is 11.4 Å². The molecule has 2 N–H and O–H groups in total. The van der Waals surface area contributed by atoms with Gasteiger partial charge in [-0.05, 0) is 31.7 Å². The number of rotatable bonds is 5. The van der Waals surface area contributed by atoms with Gasteiger partial charge in [-0.2, -0.15) is 0 Å². The fourth-order valence-electron chi connectivity index (χ4n) is 2.23. The molecule has 0 aromatic carbocycles. The molecule has 100 valence electrons. The molecule has 1 fully saturated rings. The molecule has 1 aliphatic heterocycles. The molecule has 1 unspecified atom stereocenters. The van der Waals surface area contributed by atoms with Crippen molar-refractivity contribution >= 4 is 17.3 Å². The molecule has 4 nitrogen and oxygen atoms in total. The van der Waals surface area contributed by atoms with Gasteiger partial charge in [0, 0.05) is 36.1 Å². The first-order valence-electron chi connectivity index (χ1n) is 6.28. The summed E-state index contributed by atoms with van der Waals surface area (Å²) in [6, 6.07) is 2.20. The van der Waals surface area contributed by atoms with Crippen LogP contribution < -0.4 is 5.32 Å². The largest absolute Gasteiger partial charge is 0.478 e. The minimum absolute atomic E-state index is 0.385. The third-order valence-electron chi connectivity index (χ3n) is 3.47. The fourth-order valence-corrected chi connectivity index (χ4v) is 3.04. The molecule has 1 aliphatic rings. The summed E-state index contributed by atoms with van der Waals surface area (Å²) in [6.45, 7) is 4.66. The quantitative estimate of drug-likeness (QED) is 0.861. The molecule has 0 saturated carbocycles. The van der Waals surface area contributed by atoms with E-state index < -0.39 is 5.97 Å². The second kappa shape index (κ2) is 6.31. The van der Waals surface area contributed by atoms with E-state index in [0.717, 1.165) is 37.5 Å². The van der Waals surface area contributed by atoms with E-state index in [4.69, 9.17) is 9.84 Å². The van der Waals surface area contributed by atoms with Crippen LogP contribution in [-0.2, 0) is 11.3 Å². The van der Waals surface area contributed by atoms with E-state index in [2.05, 4.69) is 12.2 Å². The Morgan fingerprint density at radius 1 is 1.61 bits per heavy atom. The van der Waals surface area contributed by atoms with E-state index in [1.807, 2.05) is 0 Å². The topological polar surface area (TPSA) is 58.6 Å². The summed E-state index contributed by atoms with van der Waals surface area (Å²) < 4.78 is 5.35. The number of hydrogen-bond donors (Lipinski definition) is 2. The Hall–Kier alpha value is -0.910. The molecule has 0 amide bonds. The third kappa shape index (κ3) is 3.54. The lowest BCUT2D eigenvalue weighted by Crippen LogP contribution is -2.36. The Labute approximate surface area is 111 Å². The van der Waals surface area contributed by atoms with Crippen LogP contribution in [0.4, 0.5) is 0 Å². The average molecular weight is 269 g/mol. The lowest BCUT2D eigenvalue weighted by Gasteiger charge is -2.28. The van der Waals surface area contributed by atoms with Crippen LogP contribution in [0.5, 0.6) is 0 Å². The fraction of sp³-hybridized carbons (Fsp3) is 0.615. The van der Waals surface area contributed by atoms with Crippen LogP contribution >= 0.6 is 11.3 Å². The standard InChI is InChI=1S/C13H19NO3S/c1-9(10-2-4-17-5-3-10)14-7-12-6-11(8-18-12)13(15)16/h6,8-10,14H,2-5,7H2,1H3,(H,15,16). The van der Waals surface area contributed by atoms with Gasteiger partial charge in [-0.25, -0.2) is 4.79 Å². The summed E-state index contributed by atoms with van der Waals surface area (Å²) in [7, 11) is 0. The number of aromatic carboxylic acids is 1. The van der Waals surface area contributed by atoms with Gasteiger partial charge in [-0.3, -0.25) is 0 Å². The first kappa shape index (κ1) is 13.5. The van der Waals surface area contributed by atoms with Gasteiger partial charge in [-0.1, -0.05) is 0 Å². The predicted octanol–water partition coefficient (Wildman–Crippen LogP) is 2.35. The van der Waals surface area contributed by atoms with Gasteiger partial charge in [-0.15, -0.1) is 11.3 Å². The summed E-state index contributed by atoms with van der Waals surface area (Å²) in [5, 5.41) is 14.0. The first-order chi connectivity index (χ1) is 8.66. The zero-order chi connectivity index (χ0) is 13.0. The molecule has 18 heavy (non-hydrogen) atoms. The second-order valence-corrected chi connectivity index (χ2v) is 5.72. The van der Waals surface area contributed by atoms with Crippen LogP contribution in [-0.4, -0.2) is 30.3 Å². The van der Waals surface area contributed by atoms with Crippen molar-refractivity contribution in [1.82, 2.24) is 5.32 Å². The van der Waals surface area contributed by atoms with Crippen LogP contribution in [0.2, 0.25) is 0 Å². The summed E-state index contributed by atoms with van der Waals surface area (Å²) in [5.41, 5.74) is 0.385. The Kier molecular flexibility index (Phi) is 4.74. The minimum Gasteiger partial charge on any atom is -0.478 e. The molecule has 2 rings (SSSR count). The van der Waals surface area contributed by atoms with Crippen LogP contribution in [0.1, 0.15) is 35.0 Å². The Morgan fingerprint density at radius 2 is 2.33 bits per heavy atom. The molecule has 1 aromatic rings. The summed E-state index contributed by atoms with van der Waals surface area (Å²) in [5.74, 6) is -0.187. The van der Waals surface area contributed by atoms with Gasteiger partial charge < -0.3 is 15.2 Å². The van der Waals surface area contributed by atoms with Crippen LogP contribution in [0.15, 0.2) is 11.4 Å². The number of ether oxygens (including phenoxy) is 1. The minimum atomic E-state index is -0.852. The van der Waals surface area contributed by atoms with Crippen molar-refractivity contribution in [1.29, 1.82) is 0 Å². The normalized spacial score (nSPS) is 18.7. The third-order valence-corrected chi connectivity index (χ3v) is 4.41. The maximum atomic E-state index is 10.8. The van der Waals surface area contributed by atoms with Crippen LogP contribution in [0.25, 0.3) is 0 Å².